The van der Waals surface area contributed by atoms with E-state index in [1.807, 2.05) is 61.7 Å². The number of hydrogen-bond donors (Lipinski definition) is 1. The van der Waals surface area contributed by atoms with Gasteiger partial charge < -0.3 is 10.1 Å². The highest BCUT2D eigenvalue weighted by atomic mass is 32.1. The van der Waals surface area contributed by atoms with Crippen molar-refractivity contribution >= 4 is 49.9 Å². The van der Waals surface area contributed by atoms with Crippen LogP contribution in [0.3, 0.4) is 0 Å². The van der Waals surface area contributed by atoms with Gasteiger partial charge in [0.15, 0.2) is 5.13 Å². The van der Waals surface area contributed by atoms with E-state index in [1.165, 1.54) is 22.2 Å². The zero-order valence-corrected chi connectivity index (χ0v) is 23.3. The van der Waals surface area contributed by atoms with E-state index in [0.29, 0.717) is 27.4 Å². The largest absolute Gasteiger partial charge is 0.461 e. The second-order valence-electron chi connectivity index (χ2n) is 9.42. The van der Waals surface area contributed by atoms with Gasteiger partial charge in [0.1, 0.15) is 16.3 Å². The maximum atomic E-state index is 13.4. The summed E-state index contributed by atoms with van der Waals surface area (Å²) < 4.78 is 6.56. The average Bonchev–Trinajstić information content (AvgIpc) is 3.53. The van der Waals surface area contributed by atoms with Crippen LogP contribution in [0.5, 0.6) is 0 Å². The minimum atomic E-state index is -0.466. The lowest BCUT2D eigenvalue weighted by Gasteiger charge is -2.07. The standard InChI is InChI=1S/C29H26N4O4S2/c1-17(2)14-37-28(36)25-18(3)31-29(39-25)32-23(34)13-33-16-30-26-24(27(33)35)22(15-38-26)21-11-9-20(10-12-21)19-7-5-4-6-8-19/h4-12,15-17H,13-14H2,1-3H3,(H,31,32,34). The molecule has 0 bridgehead atoms. The number of benzene rings is 2. The number of nitrogens with zero attached hydrogens (tertiary/aromatic N) is 3. The molecule has 0 saturated carbocycles. The summed E-state index contributed by atoms with van der Waals surface area (Å²) in [4.78, 5) is 48.2. The first kappa shape index (κ1) is 26.5. The van der Waals surface area contributed by atoms with Crippen LogP contribution < -0.4 is 10.9 Å². The fourth-order valence-electron chi connectivity index (χ4n) is 4.03. The summed E-state index contributed by atoms with van der Waals surface area (Å²) >= 11 is 2.44. The Bertz CT molecular complexity index is 1700. The highest BCUT2D eigenvalue weighted by Gasteiger charge is 2.19. The molecule has 3 aromatic heterocycles. The molecule has 198 valence electrons. The average molecular weight is 559 g/mol. The Morgan fingerprint density at radius 1 is 1.03 bits per heavy atom. The Morgan fingerprint density at radius 3 is 2.44 bits per heavy atom. The van der Waals surface area contributed by atoms with Gasteiger partial charge in [0.25, 0.3) is 5.56 Å². The number of amides is 1. The molecule has 10 heteroatoms. The van der Waals surface area contributed by atoms with Gasteiger partial charge in [-0.25, -0.2) is 14.8 Å². The molecular weight excluding hydrogens is 532 g/mol. The SMILES string of the molecule is Cc1nc(NC(=O)Cn2cnc3scc(-c4ccc(-c5ccccc5)cc4)c3c2=O)sc1C(=O)OCC(C)C. The molecule has 39 heavy (non-hydrogen) atoms. The number of ether oxygens (including phenoxy) is 1. The maximum Gasteiger partial charge on any atom is 0.350 e. The summed E-state index contributed by atoms with van der Waals surface area (Å²) in [5.74, 6) is -0.701. The van der Waals surface area contributed by atoms with Crippen molar-refractivity contribution in [2.75, 3.05) is 11.9 Å². The van der Waals surface area contributed by atoms with Crippen LogP contribution >= 0.6 is 22.7 Å². The number of hydrogen-bond acceptors (Lipinski definition) is 8. The minimum Gasteiger partial charge on any atom is -0.461 e. The van der Waals surface area contributed by atoms with Crippen molar-refractivity contribution in [3.63, 3.8) is 0 Å². The summed E-state index contributed by atoms with van der Waals surface area (Å²) in [6.07, 6.45) is 1.38. The first-order valence-electron chi connectivity index (χ1n) is 12.4. The Balaban J connectivity index is 1.34. The van der Waals surface area contributed by atoms with Gasteiger partial charge in [-0.2, -0.15) is 0 Å². The first-order chi connectivity index (χ1) is 18.8. The van der Waals surface area contributed by atoms with E-state index >= 15 is 0 Å². The zero-order valence-electron chi connectivity index (χ0n) is 21.6. The molecule has 0 atom stereocenters. The van der Waals surface area contributed by atoms with E-state index in [2.05, 4.69) is 27.4 Å². The zero-order chi connectivity index (χ0) is 27.5. The molecule has 0 radical (unpaired) electrons. The lowest BCUT2D eigenvalue weighted by molar-refractivity contribution is -0.116. The van der Waals surface area contributed by atoms with Crippen molar-refractivity contribution in [3.8, 4) is 22.3 Å². The van der Waals surface area contributed by atoms with Crippen LogP contribution in [-0.2, 0) is 16.1 Å². The van der Waals surface area contributed by atoms with Crippen LogP contribution in [0.25, 0.3) is 32.5 Å². The third-order valence-corrected chi connectivity index (χ3v) is 7.89. The van der Waals surface area contributed by atoms with Crippen LogP contribution in [0.1, 0.15) is 29.2 Å². The van der Waals surface area contributed by atoms with Crippen molar-refractivity contribution in [1.29, 1.82) is 0 Å². The molecule has 5 rings (SSSR count). The molecule has 5 aromatic rings. The molecule has 0 saturated heterocycles. The smallest absolute Gasteiger partial charge is 0.350 e. The monoisotopic (exact) mass is 558 g/mol. The van der Waals surface area contributed by atoms with E-state index in [4.69, 9.17) is 4.74 Å². The lowest BCUT2D eigenvalue weighted by Crippen LogP contribution is -2.27. The predicted octanol–water partition coefficient (Wildman–Crippen LogP) is 6.01. The quantitative estimate of drug-likeness (QED) is 0.234. The molecule has 0 aliphatic heterocycles. The van der Waals surface area contributed by atoms with Crippen LogP contribution in [0.15, 0.2) is 71.1 Å². The number of thiazole rings is 1. The van der Waals surface area contributed by atoms with E-state index in [9.17, 15) is 14.4 Å². The highest BCUT2D eigenvalue weighted by molar-refractivity contribution is 7.17. The topological polar surface area (TPSA) is 103 Å². The van der Waals surface area contributed by atoms with E-state index in [1.54, 1.807) is 6.92 Å². The Labute approximate surface area is 233 Å². The first-order valence-corrected chi connectivity index (χ1v) is 14.1. The third kappa shape index (κ3) is 5.81. The maximum absolute atomic E-state index is 13.4. The van der Waals surface area contributed by atoms with Crippen molar-refractivity contribution in [1.82, 2.24) is 14.5 Å². The summed E-state index contributed by atoms with van der Waals surface area (Å²) in [6.45, 7) is 5.65. The number of nitrogens with one attached hydrogen (secondary N) is 1. The molecule has 3 heterocycles. The van der Waals surface area contributed by atoms with Crippen molar-refractivity contribution in [2.45, 2.75) is 27.3 Å². The van der Waals surface area contributed by atoms with Crippen LogP contribution in [0.4, 0.5) is 5.13 Å². The number of carbonyl (C=O) groups is 2. The molecular formula is C29H26N4O4S2. The van der Waals surface area contributed by atoms with Gasteiger partial charge in [0, 0.05) is 10.9 Å². The van der Waals surface area contributed by atoms with E-state index in [-0.39, 0.29) is 23.2 Å². The van der Waals surface area contributed by atoms with Crippen molar-refractivity contribution < 1.29 is 14.3 Å². The van der Waals surface area contributed by atoms with Gasteiger partial charge >= 0.3 is 5.97 Å². The van der Waals surface area contributed by atoms with Crippen LogP contribution in [0.2, 0.25) is 0 Å². The van der Waals surface area contributed by atoms with Gasteiger partial charge in [-0.1, -0.05) is 79.8 Å². The summed E-state index contributed by atoms with van der Waals surface area (Å²) in [6, 6.07) is 18.1. The Hall–Kier alpha value is -4.15. The molecule has 0 unspecified atom stereocenters. The summed E-state index contributed by atoms with van der Waals surface area (Å²) in [7, 11) is 0. The van der Waals surface area contributed by atoms with Gasteiger partial charge in [-0.15, -0.1) is 11.3 Å². The second kappa shape index (κ2) is 11.3. The fourth-order valence-corrected chi connectivity index (χ4v) is 5.81. The molecule has 0 aliphatic carbocycles. The van der Waals surface area contributed by atoms with Crippen LogP contribution in [-0.4, -0.2) is 33.0 Å². The van der Waals surface area contributed by atoms with Gasteiger partial charge in [-0.3, -0.25) is 14.2 Å². The highest BCUT2D eigenvalue weighted by Crippen LogP contribution is 2.32. The van der Waals surface area contributed by atoms with E-state index < -0.39 is 11.9 Å². The molecule has 1 N–H and O–H groups in total. The third-order valence-electron chi connectivity index (χ3n) is 5.95. The minimum absolute atomic E-state index is 0.211. The Morgan fingerprint density at radius 2 is 1.72 bits per heavy atom. The number of rotatable bonds is 8. The van der Waals surface area contributed by atoms with Crippen LogP contribution in [0, 0.1) is 12.8 Å². The Kier molecular flexibility index (Phi) is 7.67. The van der Waals surface area contributed by atoms with Crippen molar-refractivity contribution in [3.05, 3.63) is 87.2 Å². The molecule has 2 aromatic carbocycles. The summed E-state index contributed by atoms with van der Waals surface area (Å²) in [5.41, 5.74) is 4.06. The summed E-state index contributed by atoms with van der Waals surface area (Å²) in [5, 5.41) is 5.34. The van der Waals surface area contributed by atoms with Gasteiger partial charge in [0.2, 0.25) is 5.91 Å². The number of aromatic nitrogens is 3. The van der Waals surface area contributed by atoms with E-state index in [0.717, 1.165) is 33.6 Å². The molecule has 0 spiro atoms. The van der Waals surface area contributed by atoms with Crippen molar-refractivity contribution in [2.24, 2.45) is 5.92 Å². The number of thiophene rings is 1. The van der Waals surface area contributed by atoms with Gasteiger partial charge in [-0.05, 0) is 29.5 Å². The number of fused-ring (bicyclic) bond motifs is 1. The number of esters is 1. The number of carbonyl (C=O) groups excluding carboxylic acids is 2. The molecule has 0 fully saturated rings. The molecule has 8 nitrogen and oxygen atoms in total. The predicted molar refractivity (Wildman–Crippen MR) is 155 cm³/mol. The fraction of sp³-hybridized carbons (Fsp3) is 0.207. The lowest BCUT2D eigenvalue weighted by atomic mass is 10.0. The number of aryl methyl sites for hydroxylation is 1. The molecule has 0 aliphatic rings. The van der Waals surface area contributed by atoms with Gasteiger partial charge in [0.05, 0.1) is 24.0 Å². The molecule has 1 amide bonds. The number of anilines is 1. The second-order valence-corrected chi connectivity index (χ2v) is 11.3. The normalized spacial score (nSPS) is 11.2.